The average Bonchev–Trinajstić information content (AvgIpc) is 3.55. The lowest BCUT2D eigenvalue weighted by atomic mass is 9.98. The second-order valence-electron chi connectivity index (χ2n) is 8.20. The summed E-state index contributed by atoms with van der Waals surface area (Å²) in [6, 6.07) is 15.3. The maximum atomic E-state index is 12.7. The zero-order valence-electron chi connectivity index (χ0n) is 17.8. The largest absolute Gasteiger partial charge is 0.479 e. The molecule has 2 aliphatic rings. The molecule has 0 spiro atoms. The summed E-state index contributed by atoms with van der Waals surface area (Å²) in [5.74, 6) is -1.42. The normalized spacial score (nSPS) is 15.4. The molecule has 1 fully saturated rings. The smallest absolute Gasteiger partial charge is 0.407 e. The van der Waals surface area contributed by atoms with Gasteiger partial charge in [-0.2, -0.15) is 0 Å². The van der Waals surface area contributed by atoms with Crippen molar-refractivity contribution < 1.29 is 29.1 Å². The van der Waals surface area contributed by atoms with E-state index in [-0.39, 0.29) is 12.5 Å². The van der Waals surface area contributed by atoms with Gasteiger partial charge in [0.05, 0.1) is 0 Å². The Morgan fingerprint density at radius 1 is 1.06 bits per heavy atom. The number of hydroxylamine groups is 2. The number of carbonyl (C=O) groups is 3. The molecular weight excluding hydrogens is 412 g/mol. The van der Waals surface area contributed by atoms with Crippen LogP contribution in [0.1, 0.15) is 36.3 Å². The van der Waals surface area contributed by atoms with Gasteiger partial charge in [0.2, 0.25) is 0 Å². The van der Waals surface area contributed by atoms with E-state index in [4.69, 9.17) is 14.7 Å². The highest BCUT2D eigenvalue weighted by Gasteiger charge is 2.34. The number of aliphatic carboxylic acids is 1. The minimum Gasteiger partial charge on any atom is -0.479 e. The van der Waals surface area contributed by atoms with Gasteiger partial charge in [-0.05, 0) is 34.6 Å². The van der Waals surface area contributed by atoms with Crippen LogP contribution in [-0.2, 0) is 19.2 Å². The van der Waals surface area contributed by atoms with Gasteiger partial charge >= 0.3 is 12.1 Å². The van der Waals surface area contributed by atoms with Gasteiger partial charge in [-0.1, -0.05) is 61.4 Å². The lowest BCUT2D eigenvalue weighted by Crippen LogP contribution is -2.48. The fourth-order valence-electron chi connectivity index (χ4n) is 4.13. The number of hydrogen-bond acceptors (Lipinski definition) is 5. The van der Waals surface area contributed by atoms with Crippen LogP contribution in [-0.4, -0.2) is 54.4 Å². The number of nitrogens with zero attached hydrogens (tertiary/aromatic N) is 1. The van der Waals surface area contributed by atoms with Gasteiger partial charge in [0.25, 0.3) is 5.91 Å². The third-order valence-corrected chi connectivity index (χ3v) is 5.89. The molecule has 1 saturated carbocycles. The summed E-state index contributed by atoms with van der Waals surface area (Å²) in [4.78, 5) is 40.9. The van der Waals surface area contributed by atoms with E-state index in [1.54, 1.807) is 0 Å². The summed E-state index contributed by atoms with van der Waals surface area (Å²) >= 11 is 0. The molecule has 2 aromatic rings. The number of alkyl carbamates (subject to hydrolysis) is 1. The summed E-state index contributed by atoms with van der Waals surface area (Å²) in [7, 11) is 1.34. The SMILES string of the molecule is CN(OCC(=O)O)C(=O)[C@H](CC1CC1)NC(=O)OCC1c2ccccc2-c2ccccc21. The van der Waals surface area contributed by atoms with Crippen LogP contribution in [0.4, 0.5) is 4.79 Å². The second-order valence-corrected chi connectivity index (χ2v) is 8.20. The first kappa shape index (κ1) is 21.8. The molecule has 0 bridgehead atoms. The fourth-order valence-corrected chi connectivity index (χ4v) is 4.13. The van der Waals surface area contributed by atoms with Crippen molar-refractivity contribution in [2.45, 2.75) is 31.2 Å². The molecular formula is C24H26N2O6. The summed E-state index contributed by atoms with van der Waals surface area (Å²) in [6.07, 6.45) is 1.77. The van der Waals surface area contributed by atoms with Crippen LogP contribution in [0.5, 0.6) is 0 Å². The zero-order chi connectivity index (χ0) is 22.7. The molecule has 2 aromatic carbocycles. The van der Waals surface area contributed by atoms with Crippen molar-refractivity contribution >= 4 is 18.0 Å². The monoisotopic (exact) mass is 438 g/mol. The molecule has 2 aliphatic carbocycles. The van der Waals surface area contributed by atoms with Crippen LogP contribution in [0.3, 0.4) is 0 Å². The zero-order valence-corrected chi connectivity index (χ0v) is 17.8. The summed E-state index contributed by atoms with van der Waals surface area (Å²) < 4.78 is 5.54. The Hall–Kier alpha value is -3.39. The molecule has 0 aliphatic heterocycles. The van der Waals surface area contributed by atoms with Crippen LogP contribution >= 0.6 is 0 Å². The maximum absolute atomic E-state index is 12.7. The van der Waals surface area contributed by atoms with Gasteiger partial charge < -0.3 is 15.2 Å². The summed E-state index contributed by atoms with van der Waals surface area (Å²) in [5.41, 5.74) is 4.48. The van der Waals surface area contributed by atoms with E-state index < -0.39 is 30.6 Å². The van der Waals surface area contributed by atoms with Gasteiger partial charge in [0, 0.05) is 13.0 Å². The summed E-state index contributed by atoms with van der Waals surface area (Å²) in [6.45, 7) is -0.487. The number of carboxylic acid groups (broad SMARTS) is 1. The van der Waals surface area contributed by atoms with Gasteiger partial charge in [0.15, 0.2) is 6.61 Å². The Kier molecular flexibility index (Phi) is 6.41. The maximum Gasteiger partial charge on any atom is 0.407 e. The van der Waals surface area contributed by atoms with Crippen molar-refractivity contribution in [2.75, 3.05) is 20.3 Å². The lowest BCUT2D eigenvalue weighted by molar-refractivity contribution is -0.187. The molecule has 0 unspecified atom stereocenters. The number of carbonyl (C=O) groups excluding carboxylic acids is 2. The average molecular weight is 438 g/mol. The number of nitrogens with one attached hydrogen (secondary N) is 1. The molecule has 0 heterocycles. The van der Waals surface area contributed by atoms with Crippen LogP contribution in [0.2, 0.25) is 0 Å². The van der Waals surface area contributed by atoms with Crippen LogP contribution in [0.25, 0.3) is 11.1 Å². The van der Waals surface area contributed by atoms with Gasteiger partial charge in [-0.3, -0.25) is 9.63 Å². The first-order chi connectivity index (χ1) is 15.4. The van der Waals surface area contributed by atoms with E-state index in [9.17, 15) is 14.4 Å². The lowest BCUT2D eigenvalue weighted by Gasteiger charge is -2.23. The van der Waals surface area contributed by atoms with E-state index in [1.165, 1.54) is 7.05 Å². The van der Waals surface area contributed by atoms with Crippen molar-refractivity contribution in [1.82, 2.24) is 10.4 Å². The number of fused-ring (bicyclic) bond motifs is 3. The predicted molar refractivity (Wildman–Crippen MR) is 116 cm³/mol. The Morgan fingerprint density at radius 3 is 2.22 bits per heavy atom. The van der Waals surface area contributed by atoms with Crippen LogP contribution in [0.15, 0.2) is 48.5 Å². The highest BCUT2D eigenvalue weighted by molar-refractivity contribution is 5.85. The van der Waals surface area contributed by atoms with E-state index in [0.29, 0.717) is 12.3 Å². The first-order valence-electron chi connectivity index (χ1n) is 10.7. The Bertz CT molecular complexity index is 974. The van der Waals surface area contributed by atoms with E-state index in [1.807, 2.05) is 36.4 Å². The molecule has 168 valence electrons. The Morgan fingerprint density at radius 2 is 1.66 bits per heavy atom. The van der Waals surface area contributed by atoms with Crippen molar-refractivity contribution in [2.24, 2.45) is 5.92 Å². The Balaban J connectivity index is 1.39. The van der Waals surface area contributed by atoms with E-state index >= 15 is 0 Å². The molecule has 4 rings (SSSR count). The first-order valence-corrected chi connectivity index (χ1v) is 10.7. The molecule has 0 radical (unpaired) electrons. The minimum absolute atomic E-state index is 0.0766. The standard InChI is InChI=1S/C24H26N2O6/c1-26(32-14-22(27)28)23(29)21(12-15-10-11-15)25-24(30)31-13-20-18-8-4-2-6-16(18)17-7-3-5-9-19(17)20/h2-9,15,20-21H,10-14H2,1H3,(H,25,30)(H,27,28)/t21-/m0/s1. The van der Waals surface area contributed by atoms with Gasteiger partial charge in [0.1, 0.15) is 12.6 Å². The van der Waals surface area contributed by atoms with Gasteiger partial charge in [-0.15, -0.1) is 0 Å². The predicted octanol–water partition coefficient (Wildman–Crippen LogP) is 3.17. The van der Waals surface area contributed by atoms with Crippen molar-refractivity contribution in [3.05, 3.63) is 59.7 Å². The number of amides is 2. The highest BCUT2D eigenvalue weighted by atomic mass is 16.7. The van der Waals surface area contributed by atoms with Crippen molar-refractivity contribution in [3.8, 4) is 11.1 Å². The third kappa shape index (κ3) is 4.91. The molecule has 2 N–H and O–H groups in total. The third-order valence-electron chi connectivity index (χ3n) is 5.89. The fraction of sp³-hybridized carbons (Fsp3) is 0.375. The number of ether oxygens (including phenoxy) is 1. The molecule has 2 amide bonds. The molecule has 0 aromatic heterocycles. The number of benzene rings is 2. The van der Waals surface area contributed by atoms with E-state index in [0.717, 1.165) is 40.2 Å². The minimum atomic E-state index is -1.19. The number of carboxylic acids is 1. The van der Waals surface area contributed by atoms with Gasteiger partial charge in [-0.25, -0.2) is 14.7 Å². The van der Waals surface area contributed by atoms with Crippen molar-refractivity contribution in [3.63, 3.8) is 0 Å². The number of rotatable bonds is 9. The molecule has 8 nitrogen and oxygen atoms in total. The number of hydrogen-bond donors (Lipinski definition) is 2. The quantitative estimate of drug-likeness (QED) is 0.583. The molecule has 8 heteroatoms. The number of likely N-dealkylation sites (N-methyl/N-ethyl adjacent to an activating group) is 1. The topological polar surface area (TPSA) is 105 Å². The van der Waals surface area contributed by atoms with Crippen LogP contribution < -0.4 is 5.32 Å². The molecule has 1 atom stereocenters. The van der Waals surface area contributed by atoms with Crippen molar-refractivity contribution in [1.29, 1.82) is 0 Å². The van der Waals surface area contributed by atoms with E-state index in [2.05, 4.69) is 17.4 Å². The molecule has 0 saturated heterocycles. The second kappa shape index (κ2) is 9.40. The van der Waals surface area contributed by atoms with Crippen LogP contribution in [0, 0.1) is 5.92 Å². The summed E-state index contributed by atoms with van der Waals surface area (Å²) in [5, 5.41) is 12.3. The Labute approximate surface area is 186 Å². The highest BCUT2D eigenvalue weighted by Crippen LogP contribution is 2.44. The molecule has 32 heavy (non-hydrogen) atoms.